The van der Waals surface area contributed by atoms with Crippen LogP contribution in [0.3, 0.4) is 0 Å². The molecule has 1 aliphatic heterocycles. The predicted octanol–water partition coefficient (Wildman–Crippen LogP) is 3.41. The van der Waals surface area contributed by atoms with Crippen LogP contribution in [0.25, 0.3) is 10.2 Å². The Kier molecular flexibility index (Phi) is 5.80. The van der Waals surface area contributed by atoms with E-state index in [1.165, 1.54) is 10.4 Å². The van der Waals surface area contributed by atoms with Crippen LogP contribution in [0.4, 0.5) is 0 Å². The van der Waals surface area contributed by atoms with Crippen LogP contribution in [-0.2, 0) is 17.6 Å². The monoisotopic (exact) mass is 416 g/mol. The van der Waals surface area contributed by atoms with E-state index < -0.39 is 0 Å². The second-order valence-electron chi connectivity index (χ2n) is 9.13. The van der Waals surface area contributed by atoms with Gasteiger partial charge in [-0.2, -0.15) is 0 Å². The molecule has 0 bridgehead atoms. The summed E-state index contributed by atoms with van der Waals surface area (Å²) in [6.07, 6.45) is 5.07. The number of piperidine rings is 1. The predicted molar refractivity (Wildman–Crippen MR) is 117 cm³/mol. The maximum Gasteiger partial charge on any atom is 0.259 e. The lowest BCUT2D eigenvalue weighted by Crippen LogP contribution is -2.46. The Labute approximate surface area is 176 Å². The van der Waals surface area contributed by atoms with Crippen LogP contribution >= 0.6 is 11.3 Å². The van der Waals surface area contributed by atoms with Crippen LogP contribution in [0.2, 0.25) is 0 Å². The van der Waals surface area contributed by atoms with E-state index in [2.05, 4.69) is 29.0 Å². The molecule has 4 rings (SSSR count). The van der Waals surface area contributed by atoms with Crippen LogP contribution in [-0.4, -0.2) is 39.9 Å². The fraction of sp³-hybridized carbons (Fsp3) is 0.682. The Morgan fingerprint density at radius 1 is 1.24 bits per heavy atom. The fourth-order valence-corrected chi connectivity index (χ4v) is 5.93. The number of H-pyrrole nitrogens is 1. The van der Waals surface area contributed by atoms with Gasteiger partial charge in [0.05, 0.1) is 11.4 Å². The van der Waals surface area contributed by atoms with E-state index in [1.54, 1.807) is 11.3 Å². The summed E-state index contributed by atoms with van der Waals surface area (Å²) in [5.41, 5.74) is 1.25. The topological polar surface area (TPSA) is 78.1 Å². The van der Waals surface area contributed by atoms with E-state index in [1.807, 2.05) is 13.8 Å². The summed E-state index contributed by atoms with van der Waals surface area (Å²) in [4.78, 5) is 37.4. The van der Waals surface area contributed by atoms with Crippen molar-refractivity contribution in [2.45, 2.75) is 71.9 Å². The molecule has 2 atom stereocenters. The number of aryl methyl sites for hydroxylation is 1. The lowest BCUT2D eigenvalue weighted by molar-refractivity contribution is -0.125. The van der Waals surface area contributed by atoms with Crippen molar-refractivity contribution in [2.75, 3.05) is 13.1 Å². The smallest absolute Gasteiger partial charge is 0.259 e. The van der Waals surface area contributed by atoms with Gasteiger partial charge in [-0.3, -0.25) is 14.5 Å². The van der Waals surface area contributed by atoms with Gasteiger partial charge in [-0.15, -0.1) is 11.3 Å². The number of carbonyl (C=O) groups excluding carboxylic acids is 1. The van der Waals surface area contributed by atoms with Gasteiger partial charge in [0.2, 0.25) is 5.91 Å². The van der Waals surface area contributed by atoms with Gasteiger partial charge in [-0.1, -0.05) is 20.8 Å². The Morgan fingerprint density at radius 3 is 2.66 bits per heavy atom. The van der Waals surface area contributed by atoms with E-state index in [-0.39, 0.29) is 29.5 Å². The average Bonchev–Trinajstić information content (AvgIpc) is 3.05. The first kappa shape index (κ1) is 20.5. The zero-order valence-corrected chi connectivity index (χ0v) is 18.7. The molecule has 1 amide bonds. The summed E-state index contributed by atoms with van der Waals surface area (Å²) in [5.74, 6) is 1.60. The minimum Gasteiger partial charge on any atom is -0.353 e. The molecule has 2 aromatic heterocycles. The first-order valence-corrected chi connectivity index (χ1v) is 11.7. The molecule has 0 aromatic carbocycles. The lowest BCUT2D eigenvalue weighted by atomic mass is 9.89. The number of aromatic nitrogens is 2. The normalized spacial score (nSPS) is 22.0. The Hall–Kier alpha value is -1.73. The van der Waals surface area contributed by atoms with Crippen molar-refractivity contribution in [3.63, 3.8) is 0 Å². The minimum absolute atomic E-state index is 0.0167. The number of nitrogens with zero attached hydrogens (tertiary/aromatic N) is 2. The van der Waals surface area contributed by atoms with Crippen molar-refractivity contribution < 1.29 is 4.79 Å². The van der Waals surface area contributed by atoms with Crippen LogP contribution in [0, 0.1) is 11.8 Å². The molecule has 0 spiro atoms. The van der Waals surface area contributed by atoms with E-state index >= 15 is 0 Å². The molecule has 7 heteroatoms. The Bertz CT molecular complexity index is 956. The third-order valence-corrected chi connectivity index (χ3v) is 7.68. The lowest BCUT2D eigenvalue weighted by Gasteiger charge is -2.36. The van der Waals surface area contributed by atoms with E-state index in [9.17, 15) is 9.59 Å². The summed E-state index contributed by atoms with van der Waals surface area (Å²) in [7, 11) is 0. The molecule has 1 aliphatic carbocycles. The molecule has 0 saturated carbocycles. The van der Waals surface area contributed by atoms with Gasteiger partial charge in [-0.05, 0) is 50.5 Å². The highest BCUT2D eigenvalue weighted by molar-refractivity contribution is 7.18. The molecule has 0 radical (unpaired) electrons. The van der Waals surface area contributed by atoms with Crippen molar-refractivity contribution >= 4 is 27.5 Å². The zero-order chi connectivity index (χ0) is 20.7. The molecule has 1 saturated heterocycles. The highest BCUT2D eigenvalue weighted by Gasteiger charge is 2.28. The van der Waals surface area contributed by atoms with Gasteiger partial charge in [0.25, 0.3) is 5.56 Å². The van der Waals surface area contributed by atoms with Crippen molar-refractivity contribution in [1.82, 2.24) is 20.2 Å². The number of thiophene rings is 1. The minimum atomic E-state index is 0.0167. The van der Waals surface area contributed by atoms with Crippen molar-refractivity contribution in [3.05, 3.63) is 26.6 Å². The number of fused-ring (bicyclic) bond motifs is 3. The number of carbonyl (C=O) groups is 1. The van der Waals surface area contributed by atoms with E-state index in [0.717, 1.165) is 61.2 Å². The average molecular weight is 417 g/mol. The number of likely N-dealkylation sites (tertiary alicyclic amines) is 1. The quantitative estimate of drug-likeness (QED) is 0.801. The zero-order valence-electron chi connectivity index (χ0n) is 17.9. The molecule has 1 fully saturated rings. The van der Waals surface area contributed by atoms with Gasteiger partial charge >= 0.3 is 0 Å². The van der Waals surface area contributed by atoms with Gasteiger partial charge in [0, 0.05) is 29.9 Å². The van der Waals surface area contributed by atoms with Crippen LogP contribution < -0.4 is 10.9 Å². The second kappa shape index (κ2) is 8.19. The van der Waals surface area contributed by atoms with Crippen molar-refractivity contribution in [2.24, 2.45) is 11.8 Å². The molecule has 2 N–H and O–H groups in total. The summed E-state index contributed by atoms with van der Waals surface area (Å²) < 4.78 is 0. The van der Waals surface area contributed by atoms with Gasteiger partial charge < -0.3 is 10.3 Å². The number of hydrogen-bond acceptors (Lipinski definition) is 5. The number of rotatable bonds is 4. The van der Waals surface area contributed by atoms with Crippen LogP contribution in [0.1, 0.15) is 69.3 Å². The molecular formula is C22H32N4O2S. The van der Waals surface area contributed by atoms with Gasteiger partial charge in [0.15, 0.2) is 0 Å². The molecule has 158 valence electrons. The molecular weight excluding hydrogens is 384 g/mol. The third kappa shape index (κ3) is 4.12. The number of hydrogen-bond donors (Lipinski definition) is 2. The number of amides is 1. The highest BCUT2D eigenvalue weighted by atomic mass is 32.1. The molecule has 3 heterocycles. The molecule has 2 unspecified atom stereocenters. The maximum atomic E-state index is 12.9. The fourth-order valence-electron chi connectivity index (χ4n) is 4.54. The van der Waals surface area contributed by atoms with Gasteiger partial charge in [0.1, 0.15) is 10.7 Å². The first-order valence-electron chi connectivity index (χ1n) is 10.9. The summed E-state index contributed by atoms with van der Waals surface area (Å²) in [5, 5.41) is 3.97. The molecule has 2 aromatic rings. The van der Waals surface area contributed by atoms with Crippen LogP contribution in [0.5, 0.6) is 0 Å². The third-order valence-electron chi connectivity index (χ3n) is 6.53. The largest absolute Gasteiger partial charge is 0.353 e. The summed E-state index contributed by atoms with van der Waals surface area (Å²) in [6.45, 7) is 10.0. The molecule has 6 nitrogen and oxygen atoms in total. The van der Waals surface area contributed by atoms with Gasteiger partial charge in [-0.25, -0.2) is 4.98 Å². The van der Waals surface area contributed by atoms with Crippen molar-refractivity contribution in [1.29, 1.82) is 0 Å². The SMILES string of the molecule is CC1CCc2c(sc3nc(C(C)N4CCC(NC(=O)C(C)C)CC4)[nH]c(=O)c23)C1. The van der Waals surface area contributed by atoms with Crippen molar-refractivity contribution in [3.8, 4) is 0 Å². The summed E-state index contributed by atoms with van der Waals surface area (Å²) in [6, 6.07) is 0.306. The Balaban J connectivity index is 1.49. The second-order valence-corrected chi connectivity index (χ2v) is 10.2. The highest BCUT2D eigenvalue weighted by Crippen LogP contribution is 2.36. The number of aromatic amines is 1. The summed E-state index contributed by atoms with van der Waals surface area (Å²) >= 11 is 1.71. The standard InChI is InChI=1S/C22H32N4O2S/c1-12(2)20(27)23-15-7-9-26(10-8-15)14(4)19-24-21(28)18-16-6-5-13(3)11-17(16)29-22(18)25-19/h12-15H,5-11H2,1-4H3,(H,23,27)(H,24,25,28). The van der Waals surface area contributed by atoms with E-state index in [4.69, 9.17) is 4.98 Å². The first-order chi connectivity index (χ1) is 13.8. The molecule has 29 heavy (non-hydrogen) atoms. The van der Waals surface area contributed by atoms with Crippen LogP contribution in [0.15, 0.2) is 4.79 Å². The molecule has 2 aliphatic rings. The number of nitrogens with one attached hydrogen (secondary N) is 2. The Morgan fingerprint density at radius 2 is 1.97 bits per heavy atom. The maximum absolute atomic E-state index is 12.9. The van der Waals surface area contributed by atoms with E-state index in [0.29, 0.717) is 5.92 Å².